The second-order valence-electron chi connectivity index (χ2n) is 3.87. The lowest BCUT2D eigenvalue weighted by Gasteiger charge is -2.30. The SMILES string of the molecule is CCCC1CCNCC1C(C#N)=NC. The minimum atomic E-state index is 0.346. The fraction of sp³-hybridized carbons (Fsp3) is 0.818. The molecule has 3 nitrogen and oxygen atoms in total. The predicted octanol–water partition coefficient (Wildman–Crippen LogP) is 1.61. The van der Waals surface area contributed by atoms with Crippen LogP contribution < -0.4 is 5.32 Å². The molecule has 2 unspecified atom stereocenters. The summed E-state index contributed by atoms with van der Waals surface area (Å²) in [4.78, 5) is 4.08. The van der Waals surface area contributed by atoms with Crippen molar-refractivity contribution >= 4 is 5.71 Å². The summed E-state index contributed by atoms with van der Waals surface area (Å²) in [5, 5.41) is 12.3. The number of aliphatic imine (C=N–C) groups is 1. The van der Waals surface area contributed by atoms with Crippen molar-refractivity contribution in [2.45, 2.75) is 26.2 Å². The van der Waals surface area contributed by atoms with Gasteiger partial charge in [-0.3, -0.25) is 4.99 Å². The van der Waals surface area contributed by atoms with Gasteiger partial charge >= 0.3 is 0 Å². The molecule has 0 aromatic rings. The summed E-state index contributed by atoms with van der Waals surface area (Å²) in [5.74, 6) is 0.998. The molecule has 1 aliphatic rings. The first kappa shape index (κ1) is 11.2. The van der Waals surface area contributed by atoms with Crippen LogP contribution in [0.25, 0.3) is 0 Å². The Balaban J connectivity index is 2.67. The maximum absolute atomic E-state index is 8.96. The Morgan fingerprint density at radius 3 is 3.00 bits per heavy atom. The van der Waals surface area contributed by atoms with E-state index in [1.165, 1.54) is 19.3 Å². The number of rotatable bonds is 3. The number of piperidine rings is 1. The smallest absolute Gasteiger partial charge is 0.116 e. The molecule has 0 bridgehead atoms. The Hall–Kier alpha value is -0.880. The molecule has 0 spiro atoms. The normalized spacial score (nSPS) is 28.5. The largest absolute Gasteiger partial charge is 0.316 e. The Morgan fingerprint density at radius 2 is 2.43 bits per heavy atom. The third-order valence-electron chi connectivity index (χ3n) is 2.99. The fourth-order valence-corrected chi connectivity index (χ4v) is 2.25. The second kappa shape index (κ2) is 5.77. The second-order valence-corrected chi connectivity index (χ2v) is 3.87. The number of nitriles is 1. The van der Waals surface area contributed by atoms with Gasteiger partial charge in [0.1, 0.15) is 11.8 Å². The summed E-state index contributed by atoms with van der Waals surface area (Å²) >= 11 is 0. The molecular formula is C11H19N3. The minimum absolute atomic E-state index is 0.346. The topological polar surface area (TPSA) is 48.2 Å². The first-order chi connectivity index (χ1) is 6.83. The van der Waals surface area contributed by atoms with E-state index >= 15 is 0 Å². The Morgan fingerprint density at radius 1 is 1.64 bits per heavy atom. The van der Waals surface area contributed by atoms with Crippen LogP contribution in [0.4, 0.5) is 0 Å². The van der Waals surface area contributed by atoms with Crippen LogP contribution in [0.15, 0.2) is 4.99 Å². The van der Waals surface area contributed by atoms with Gasteiger partial charge in [0.15, 0.2) is 0 Å². The van der Waals surface area contributed by atoms with E-state index < -0.39 is 0 Å². The lowest BCUT2D eigenvalue weighted by atomic mass is 9.80. The molecule has 1 saturated heterocycles. The van der Waals surface area contributed by atoms with Crippen molar-refractivity contribution < 1.29 is 0 Å². The van der Waals surface area contributed by atoms with Crippen molar-refractivity contribution in [3.63, 3.8) is 0 Å². The highest BCUT2D eigenvalue weighted by Crippen LogP contribution is 2.25. The van der Waals surface area contributed by atoms with Crippen LogP contribution in [0.2, 0.25) is 0 Å². The average Bonchev–Trinajstić information content (AvgIpc) is 2.23. The maximum atomic E-state index is 8.96. The van der Waals surface area contributed by atoms with Gasteiger partial charge in [-0.05, 0) is 25.3 Å². The third-order valence-corrected chi connectivity index (χ3v) is 2.99. The summed E-state index contributed by atoms with van der Waals surface area (Å²) in [7, 11) is 1.72. The lowest BCUT2D eigenvalue weighted by Crippen LogP contribution is -2.40. The molecule has 0 aromatic carbocycles. The fourth-order valence-electron chi connectivity index (χ4n) is 2.25. The standard InChI is InChI=1S/C11H19N3/c1-3-4-9-5-6-14-8-10(9)11(7-12)13-2/h9-10,14H,3-6,8H2,1-2H3. The summed E-state index contributed by atoms with van der Waals surface area (Å²) in [6.45, 7) is 4.21. The van der Waals surface area contributed by atoms with Gasteiger partial charge in [-0.15, -0.1) is 0 Å². The molecule has 78 valence electrons. The van der Waals surface area contributed by atoms with Crippen LogP contribution >= 0.6 is 0 Å². The van der Waals surface area contributed by atoms with Crippen molar-refractivity contribution in [3.05, 3.63) is 0 Å². The molecule has 14 heavy (non-hydrogen) atoms. The van der Waals surface area contributed by atoms with Crippen LogP contribution in [0.3, 0.4) is 0 Å². The van der Waals surface area contributed by atoms with Gasteiger partial charge in [0.05, 0.1) is 0 Å². The van der Waals surface area contributed by atoms with Gasteiger partial charge in [0.25, 0.3) is 0 Å². The minimum Gasteiger partial charge on any atom is -0.316 e. The average molecular weight is 193 g/mol. The number of nitrogens with zero attached hydrogens (tertiary/aromatic N) is 2. The Kier molecular flexibility index (Phi) is 4.61. The molecule has 2 atom stereocenters. The van der Waals surface area contributed by atoms with E-state index in [1.807, 2.05) is 0 Å². The van der Waals surface area contributed by atoms with Crippen molar-refractivity contribution in [1.82, 2.24) is 5.32 Å². The van der Waals surface area contributed by atoms with E-state index in [4.69, 9.17) is 5.26 Å². The van der Waals surface area contributed by atoms with Crippen LogP contribution in [0.5, 0.6) is 0 Å². The van der Waals surface area contributed by atoms with Crippen LogP contribution in [-0.2, 0) is 0 Å². The van der Waals surface area contributed by atoms with Crippen molar-refractivity contribution in [2.75, 3.05) is 20.1 Å². The zero-order chi connectivity index (χ0) is 10.4. The third kappa shape index (κ3) is 2.55. The van der Waals surface area contributed by atoms with Crippen molar-refractivity contribution in [1.29, 1.82) is 5.26 Å². The number of nitrogens with one attached hydrogen (secondary N) is 1. The highest BCUT2D eigenvalue weighted by molar-refractivity contribution is 6.00. The molecule has 1 N–H and O–H groups in total. The summed E-state index contributed by atoms with van der Waals surface area (Å²) in [5.41, 5.74) is 0.718. The first-order valence-corrected chi connectivity index (χ1v) is 5.41. The Labute approximate surface area is 86.2 Å². The molecule has 1 rings (SSSR count). The quantitative estimate of drug-likeness (QED) is 0.692. The first-order valence-electron chi connectivity index (χ1n) is 5.41. The van der Waals surface area contributed by atoms with E-state index in [1.54, 1.807) is 7.05 Å². The van der Waals surface area contributed by atoms with Crippen LogP contribution in [0.1, 0.15) is 26.2 Å². The van der Waals surface area contributed by atoms with E-state index in [0.29, 0.717) is 11.8 Å². The van der Waals surface area contributed by atoms with Crippen LogP contribution in [-0.4, -0.2) is 25.8 Å². The Bertz CT molecular complexity index is 237. The van der Waals surface area contributed by atoms with Gasteiger partial charge in [0.2, 0.25) is 0 Å². The highest BCUT2D eigenvalue weighted by Gasteiger charge is 2.27. The monoisotopic (exact) mass is 193 g/mol. The molecule has 0 aromatic heterocycles. The lowest BCUT2D eigenvalue weighted by molar-refractivity contribution is 0.299. The summed E-state index contributed by atoms with van der Waals surface area (Å²) in [6.07, 6.45) is 3.59. The van der Waals surface area contributed by atoms with Gasteiger partial charge in [-0.2, -0.15) is 5.26 Å². The van der Waals surface area contributed by atoms with Gasteiger partial charge < -0.3 is 5.32 Å². The maximum Gasteiger partial charge on any atom is 0.116 e. The van der Waals surface area contributed by atoms with E-state index in [2.05, 4.69) is 23.3 Å². The number of hydrogen-bond acceptors (Lipinski definition) is 3. The molecule has 3 heteroatoms. The van der Waals surface area contributed by atoms with E-state index in [-0.39, 0.29) is 0 Å². The summed E-state index contributed by atoms with van der Waals surface area (Å²) < 4.78 is 0. The van der Waals surface area contributed by atoms with E-state index in [0.717, 1.165) is 18.8 Å². The molecule has 1 aliphatic heterocycles. The zero-order valence-electron chi connectivity index (χ0n) is 9.08. The van der Waals surface area contributed by atoms with E-state index in [9.17, 15) is 0 Å². The van der Waals surface area contributed by atoms with Crippen LogP contribution in [0, 0.1) is 23.2 Å². The highest BCUT2D eigenvalue weighted by atomic mass is 14.9. The van der Waals surface area contributed by atoms with Gasteiger partial charge in [-0.25, -0.2) is 0 Å². The van der Waals surface area contributed by atoms with Gasteiger partial charge in [0, 0.05) is 19.5 Å². The molecule has 0 radical (unpaired) electrons. The molecule has 1 heterocycles. The van der Waals surface area contributed by atoms with Gasteiger partial charge in [-0.1, -0.05) is 13.3 Å². The van der Waals surface area contributed by atoms with Crippen molar-refractivity contribution in [2.24, 2.45) is 16.8 Å². The zero-order valence-corrected chi connectivity index (χ0v) is 9.08. The summed E-state index contributed by atoms with van der Waals surface area (Å²) in [6, 6.07) is 2.22. The molecule has 0 aliphatic carbocycles. The number of hydrogen-bond donors (Lipinski definition) is 1. The molecular weight excluding hydrogens is 174 g/mol. The molecule has 1 fully saturated rings. The molecule has 0 saturated carbocycles. The molecule has 0 amide bonds. The van der Waals surface area contributed by atoms with Crippen molar-refractivity contribution in [3.8, 4) is 6.07 Å². The predicted molar refractivity (Wildman–Crippen MR) is 58.3 cm³/mol.